The minimum atomic E-state index is -1.09. The van der Waals surface area contributed by atoms with Gasteiger partial charge in [-0.25, -0.2) is 0 Å². The van der Waals surface area contributed by atoms with Crippen molar-refractivity contribution < 1.29 is 8.95 Å². The molecule has 1 heterocycles. The zero-order valence-corrected chi connectivity index (χ0v) is 14.7. The van der Waals surface area contributed by atoms with Crippen molar-refractivity contribution in [2.75, 3.05) is 12.9 Å². The summed E-state index contributed by atoms with van der Waals surface area (Å²) in [6, 6.07) is 13.1. The second-order valence-corrected chi connectivity index (χ2v) is 6.93. The van der Waals surface area contributed by atoms with Crippen LogP contribution in [0.3, 0.4) is 0 Å². The number of benzene rings is 2. The van der Waals surface area contributed by atoms with Crippen molar-refractivity contribution in [1.82, 2.24) is 4.57 Å². The van der Waals surface area contributed by atoms with Crippen LogP contribution in [0, 0.1) is 0 Å². The first-order chi connectivity index (χ1) is 11.5. The van der Waals surface area contributed by atoms with E-state index in [9.17, 15) is 9.00 Å². The maximum Gasteiger partial charge on any atom is 0.258 e. The smallest absolute Gasteiger partial charge is 0.258 e. The summed E-state index contributed by atoms with van der Waals surface area (Å²) in [5, 5.41) is 1.52. The Bertz CT molecular complexity index is 992. The first-order valence-corrected chi connectivity index (χ1v) is 9.27. The lowest BCUT2D eigenvalue weighted by Crippen LogP contribution is -2.16. The third-order valence-corrected chi connectivity index (χ3v) is 4.88. The third kappa shape index (κ3) is 2.87. The first kappa shape index (κ1) is 16.5. The van der Waals surface area contributed by atoms with Crippen LogP contribution in [0.5, 0.6) is 5.75 Å². The highest BCUT2D eigenvalue weighted by atomic mass is 32.2. The van der Waals surface area contributed by atoms with Crippen LogP contribution in [-0.4, -0.2) is 21.6 Å². The molecule has 0 aliphatic heterocycles. The van der Waals surface area contributed by atoms with E-state index in [1.165, 1.54) is 0 Å². The Morgan fingerprint density at radius 3 is 2.46 bits per heavy atom. The number of pyridine rings is 1. The van der Waals surface area contributed by atoms with Gasteiger partial charge in [0, 0.05) is 51.7 Å². The molecule has 3 rings (SSSR count). The van der Waals surface area contributed by atoms with Crippen LogP contribution in [0.2, 0.25) is 0 Å². The molecule has 0 aliphatic carbocycles. The van der Waals surface area contributed by atoms with E-state index in [0.717, 1.165) is 27.2 Å². The first-order valence-electron chi connectivity index (χ1n) is 7.72. The summed E-state index contributed by atoms with van der Waals surface area (Å²) in [5.41, 5.74) is 1.70. The zero-order chi connectivity index (χ0) is 17.3. The van der Waals surface area contributed by atoms with E-state index in [2.05, 4.69) is 0 Å². The Kier molecular flexibility index (Phi) is 4.53. The Balaban J connectivity index is 2.38. The Morgan fingerprint density at radius 2 is 1.79 bits per heavy atom. The minimum Gasteiger partial charge on any atom is -0.493 e. The molecule has 0 bridgehead atoms. The summed E-state index contributed by atoms with van der Waals surface area (Å²) in [5.74, 6) is 0.718. The topological polar surface area (TPSA) is 48.3 Å². The van der Waals surface area contributed by atoms with E-state index in [-0.39, 0.29) is 5.56 Å². The number of fused-ring (bicyclic) bond motifs is 1. The molecule has 1 aromatic heterocycles. The Hall–Kier alpha value is -2.40. The summed E-state index contributed by atoms with van der Waals surface area (Å²) < 4.78 is 19.2. The van der Waals surface area contributed by atoms with E-state index in [1.54, 1.807) is 17.9 Å². The quantitative estimate of drug-likeness (QED) is 0.731. The molecule has 0 spiro atoms. The van der Waals surface area contributed by atoms with E-state index in [0.29, 0.717) is 12.0 Å². The summed E-state index contributed by atoms with van der Waals surface area (Å²) in [4.78, 5) is 13.1. The number of nitrogens with zero attached hydrogens (tertiary/aromatic N) is 1. The van der Waals surface area contributed by atoms with Crippen LogP contribution in [-0.2, 0) is 17.8 Å². The van der Waals surface area contributed by atoms with Crippen molar-refractivity contribution in [2.45, 2.75) is 11.8 Å². The molecule has 24 heavy (non-hydrogen) atoms. The number of rotatable bonds is 4. The highest BCUT2D eigenvalue weighted by molar-refractivity contribution is 7.84. The van der Waals surface area contributed by atoms with Crippen molar-refractivity contribution in [3.8, 4) is 16.9 Å². The average molecular weight is 341 g/mol. The second-order valence-electron chi connectivity index (χ2n) is 5.55. The van der Waals surface area contributed by atoms with Crippen LogP contribution in [0.25, 0.3) is 21.9 Å². The molecular formula is C19H19NO3S. The molecule has 0 saturated carbocycles. The molecule has 5 heteroatoms. The molecule has 0 radical (unpaired) electrons. The summed E-state index contributed by atoms with van der Waals surface area (Å²) in [7, 11) is 0.644. The number of hydrogen-bond donors (Lipinski definition) is 0. The van der Waals surface area contributed by atoms with Crippen molar-refractivity contribution in [2.24, 2.45) is 7.05 Å². The van der Waals surface area contributed by atoms with Crippen molar-refractivity contribution in [3.63, 3.8) is 0 Å². The molecule has 2 aromatic carbocycles. The van der Waals surface area contributed by atoms with E-state index in [4.69, 9.17) is 4.74 Å². The summed E-state index contributed by atoms with van der Waals surface area (Å²) in [6.07, 6.45) is 3.46. The van der Waals surface area contributed by atoms with Crippen LogP contribution < -0.4 is 10.3 Å². The number of hydrogen-bond acceptors (Lipinski definition) is 3. The normalized spacial score (nSPS) is 12.3. The molecule has 1 atom stereocenters. The van der Waals surface area contributed by atoms with Gasteiger partial charge in [0.2, 0.25) is 0 Å². The molecule has 0 saturated heterocycles. The van der Waals surface area contributed by atoms with E-state index >= 15 is 0 Å². The van der Waals surface area contributed by atoms with Crippen molar-refractivity contribution in [1.29, 1.82) is 0 Å². The van der Waals surface area contributed by atoms with E-state index < -0.39 is 10.8 Å². The van der Waals surface area contributed by atoms with Crippen LogP contribution in [0.1, 0.15) is 6.92 Å². The number of aryl methyl sites for hydroxylation is 1. The molecule has 4 nitrogen and oxygen atoms in total. The van der Waals surface area contributed by atoms with Gasteiger partial charge in [0.15, 0.2) is 0 Å². The SMILES string of the molecule is CCOc1ccc([S@@](C)=O)cc1-c1cn(C)c(=O)c2ccccc12. The number of aromatic nitrogens is 1. The standard InChI is InChI=1S/C19H19NO3S/c1-4-23-18-10-9-13(24(3)22)11-16(18)17-12-20(2)19(21)15-8-6-5-7-14(15)17/h5-12H,4H2,1-3H3/t24-/m1/s1. The minimum absolute atomic E-state index is 0.0393. The predicted octanol–water partition coefficient (Wildman–Crippen LogP) is 3.34. The van der Waals surface area contributed by atoms with Crippen LogP contribution >= 0.6 is 0 Å². The molecule has 3 aromatic rings. The Labute approximate surface area is 143 Å². The molecule has 0 unspecified atom stereocenters. The lowest BCUT2D eigenvalue weighted by Gasteiger charge is -2.15. The fourth-order valence-corrected chi connectivity index (χ4v) is 3.35. The highest BCUT2D eigenvalue weighted by Gasteiger charge is 2.14. The van der Waals surface area contributed by atoms with Crippen molar-refractivity contribution >= 4 is 21.6 Å². The lowest BCUT2D eigenvalue weighted by atomic mass is 10.00. The second kappa shape index (κ2) is 6.61. The van der Waals surface area contributed by atoms with Gasteiger partial charge in [-0.3, -0.25) is 9.00 Å². The van der Waals surface area contributed by atoms with Gasteiger partial charge in [0.05, 0.1) is 6.61 Å². The van der Waals surface area contributed by atoms with Crippen molar-refractivity contribution in [3.05, 3.63) is 59.0 Å². The maximum absolute atomic E-state index is 12.4. The summed E-state index contributed by atoms with van der Waals surface area (Å²) >= 11 is 0. The average Bonchev–Trinajstić information content (AvgIpc) is 2.59. The maximum atomic E-state index is 12.4. The Morgan fingerprint density at radius 1 is 1.08 bits per heavy atom. The largest absolute Gasteiger partial charge is 0.493 e. The highest BCUT2D eigenvalue weighted by Crippen LogP contribution is 2.35. The van der Waals surface area contributed by atoms with Gasteiger partial charge in [-0.1, -0.05) is 18.2 Å². The molecular weight excluding hydrogens is 322 g/mol. The van der Waals surface area contributed by atoms with Gasteiger partial charge in [-0.15, -0.1) is 0 Å². The summed E-state index contributed by atoms with van der Waals surface area (Å²) in [6.45, 7) is 2.46. The predicted molar refractivity (Wildman–Crippen MR) is 98.1 cm³/mol. The lowest BCUT2D eigenvalue weighted by molar-refractivity contribution is 0.341. The van der Waals surface area contributed by atoms with Crippen LogP contribution in [0.15, 0.2) is 58.4 Å². The van der Waals surface area contributed by atoms with Gasteiger partial charge in [-0.2, -0.15) is 0 Å². The fraction of sp³-hybridized carbons (Fsp3) is 0.211. The molecule has 0 fully saturated rings. The molecule has 0 amide bonds. The van der Waals surface area contributed by atoms with Gasteiger partial charge in [0.1, 0.15) is 5.75 Å². The molecule has 124 valence electrons. The van der Waals surface area contributed by atoms with E-state index in [1.807, 2.05) is 55.6 Å². The third-order valence-electron chi connectivity index (χ3n) is 3.96. The zero-order valence-electron chi connectivity index (χ0n) is 13.9. The van der Waals surface area contributed by atoms with Gasteiger partial charge in [0.25, 0.3) is 5.56 Å². The molecule has 0 N–H and O–H groups in total. The van der Waals surface area contributed by atoms with Gasteiger partial charge in [-0.05, 0) is 36.6 Å². The number of ether oxygens (including phenoxy) is 1. The monoisotopic (exact) mass is 341 g/mol. The van der Waals surface area contributed by atoms with Gasteiger partial charge < -0.3 is 9.30 Å². The fourth-order valence-electron chi connectivity index (χ4n) is 2.81. The van der Waals surface area contributed by atoms with Crippen LogP contribution in [0.4, 0.5) is 0 Å². The van der Waals surface area contributed by atoms with Gasteiger partial charge >= 0.3 is 0 Å². The molecule has 0 aliphatic rings.